The van der Waals surface area contributed by atoms with Gasteiger partial charge in [0.25, 0.3) is 0 Å². The van der Waals surface area contributed by atoms with Crippen molar-refractivity contribution >= 4 is 11.6 Å². The lowest BCUT2D eigenvalue weighted by Gasteiger charge is -2.25. The molecule has 1 rings (SSSR count). The average molecular weight is 303 g/mol. The van der Waals surface area contributed by atoms with Crippen molar-refractivity contribution in [3.05, 3.63) is 34.7 Å². The first-order chi connectivity index (χ1) is 9.74. The van der Waals surface area contributed by atoms with Gasteiger partial charge in [0.2, 0.25) is 0 Å². The Morgan fingerprint density at radius 2 is 1.90 bits per heavy atom. The maximum atomic E-state index is 12.6. The van der Waals surface area contributed by atoms with Crippen LogP contribution in [0.3, 0.4) is 0 Å². The summed E-state index contributed by atoms with van der Waals surface area (Å²) in [6, 6.07) is 5.85. The fraction of sp³-hybridized carbons (Fsp3) is 0.462. The Balaban J connectivity index is 2.90. The van der Waals surface area contributed by atoms with Crippen molar-refractivity contribution in [2.24, 2.45) is 5.18 Å². The van der Waals surface area contributed by atoms with Crippen LogP contribution in [0, 0.1) is 4.91 Å². The van der Waals surface area contributed by atoms with Crippen LogP contribution in [0.4, 0.5) is 18.9 Å². The Labute approximate surface area is 120 Å². The molecular weight excluding hydrogens is 287 g/mol. The minimum atomic E-state index is -4.92. The zero-order valence-corrected chi connectivity index (χ0v) is 11.7. The van der Waals surface area contributed by atoms with Crippen molar-refractivity contribution in [2.75, 3.05) is 27.2 Å². The Hall–Kier alpha value is -1.96. The molecule has 0 saturated carbocycles. The number of amides is 1. The Morgan fingerprint density at radius 1 is 1.24 bits per heavy atom. The Bertz CT molecular complexity index is 504. The molecule has 0 fully saturated rings. The first kappa shape index (κ1) is 17.1. The Morgan fingerprint density at radius 3 is 2.43 bits per heavy atom. The molecule has 0 aliphatic carbocycles. The molecule has 0 aliphatic heterocycles. The fourth-order valence-corrected chi connectivity index (χ4v) is 1.68. The van der Waals surface area contributed by atoms with E-state index in [1.54, 1.807) is 25.1 Å². The number of nitrogens with zero attached hydrogens (tertiary/aromatic N) is 3. The Kier molecular flexibility index (Phi) is 5.83. The summed E-state index contributed by atoms with van der Waals surface area (Å²) < 4.78 is 37.8. The first-order valence-corrected chi connectivity index (χ1v) is 6.17. The maximum absolute atomic E-state index is 12.6. The van der Waals surface area contributed by atoms with Crippen molar-refractivity contribution in [1.29, 1.82) is 0 Å². The van der Waals surface area contributed by atoms with Gasteiger partial charge in [-0.1, -0.05) is 12.1 Å². The van der Waals surface area contributed by atoms with E-state index in [0.29, 0.717) is 17.0 Å². The molecule has 0 heterocycles. The summed E-state index contributed by atoms with van der Waals surface area (Å²) in [4.78, 5) is 24.3. The second-order valence-electron chi connectivity index (χ2n) is 4.79. The lowest BCUT2D eigenvalue weighted by atomic mass is 10.2. The second kappa shape index (κ2) is 7.16. The molecule has 0 N–H and O–H groups in total. The molecule has 0 unspecified atom stereocenters. The van der Waals surface area contributed by atoms with Crippen LogP contribution in [0.15, 0.2) is 29.4 Å². The summed E-state index contributed by atoms with van der Waals surface area (Å²) in [5.41, 5.74) is 0.531. The van der Waals surface area contributed by atoms with Crippen LogP contribution < -0.4 is 0 Å². The molecular formula is C13H16F3N3O2. The van der Waals surface area contributed by atoms with Crippen LogP contribution in [0.2, 0.25) is 0 Å². The standard InChI is InChI=1S/C13H16F3N3O2/c1-18(2)6-7-19(12(20)13(14,15)16)9-10-4-3-5-11(8-10)17-21/h3-5,8H,6-7,9H2,1-2H3. The highest BCUT2D eigenvalue weighted by molar-refractivity contribution is 5.81. The molecule has 21 heavy (non-hydrogen) atoms. The van der Waals surface area contributed by atoms with E-state index in [0.717, 1.165) is 0 Å². The van der Waals surface area contributed by atoms with Crippen LogP contribution in [-0.4, -0.2) is 49.1 Å². The third-order valence-corrected chi connectivity index (χ3v) is 2.74. The molecule has 1 aromatic rings. The number of nitroso groups, excluding NO2 is 1. The van der Waals surface area contributed by atoms with Gasteiger partial charge in [-0.15, -0.1) is 4.91 Å². The monoisotopic (exact) mass is 303 g/mol. The van der Waals surface area contributed by atoms with E-state index in [9.17, 15) is 22.9 Å². The molecule has 0 aromatic heterocycles. The fourth-order valence-electron chi connectivity index (χ4n) is 1.68. The van der Waals surface area contributed by atoms with Crippen molar-refractivity contribution in [3.63, 3.8) is 0 Å². The highest BCUT2D eigenvalue weighted by Gasteiger charge is 2.42. The zero-order chi connectivity index (χ0) is 16.0. The van der Waals surface area contributed by atoms with E-state index in [2.05, 4.69) is 5.18 Å². The van der Waals surface area contributed by atoms with Gasteiger partial charge in [0.05, 0.1) is 0 Å². The number of rotatable bonds is 6. The molecule has 0 spiro atoms. The number of hydrogen-bond donors (Lipinski definition) is 0. The van der Waals surface area contributed by atoms with Crippen molar-refractivity contribution in [2.45, 2.75) is 12.7 Å². The summed E-state index contributed by atoms with van der Waals surface area (Å²) in [5.74, 6) is -1.89. The van der Waals surface area contributed by atoms with Gasteiger partial charge in [-0.05, 0) is 37.0 Å². The molecule has 5 nitrogen and oxygen atoms in total. The molecule has 0 bridgehead atoms. The summed E-state index contributed by atoms with van der Waals surface area (Å²) in [7, 11) is 3.40. The molecule has 0 saturated heterocycles. The van der Waals surface area contributed by atoms with Crippen LogP contribution in [0.1, 0.15) is 5.56 Å². The summed E-state index contributed by atoms with van der Waals surface area (Å²) in [6.45, 7) is 0.00702. The number of halogens is 3. The van der Waals surface area contributed by atoms with E-state index in [1.807, 2.05) is 0 Å². The van der Waals surface area contributed by atoms with E-state index in [1.165, 1.54) is 18.2 Å². The predicted molar refractivity (Wildman–Crippen MR) is 71.9 cm³/mol. The highest BCUT2D eigenvalue weighted by atomic mass is 19.4. The summed E-state index contributed by atoms with van der Waals surface area (Å²) >= 11 is 0. The molecule has 8 heteroatoms. The number of likely N-dealkylation sites (N-methyl/N-ethyl adjacent to an activating group) is 1. The average Bonchev–Trinajstić information content (AvgIpc) is 2.41. The van der Waals surface area contributed by atoms with E-state index in [-0.39, 0.29) is 18.8 Å². The quantitative estimate of drug-likeness (QED) is 0.759. The van der Waals surface area contributed by atoms with Crippen LogP contribution >= 0.6 is 0 Å². The lowest BCUT2D eigenvalue weighted by Crippen LogP contribution is -2.43. The van der Waals surface area contributed by atoms with E-state index >= 15 is 0 Å². The minimum absolute atomic E-state index is 0.0654. The summed E-state index contributed by atoms with van der Waals surface area (Å²) in [5, 5.41) is 2.72. The van der Waals surface area contributed by atoms with Gasteiger partial charge in [0.1, 0.15) is 5.69 Å². The van der Waals surface area contributed by atoms with Crippen LogP contribution in [0.5, 0.6) is 0 Å². The smallest absolute Gasteiger partial charge is 0.329 e. The zero-order valence-electron chi connectivity index (χ0n) is 11.7. The first-order valence-electron chi connectivity index (χ1n) is 6.17. The summed E-state index contributed by atoms with van der Waals surface area (Å²) in [6.07, 6.45) is -4.92. The maximum Gasteiger partial charge on any atom is 0.471 e. The lowest BCUT2D eigenvalue weighted by molar-refractivity contribution is -0.186. The SMILES string of the molecule is CN(C)CCN(Cc1cccc(N=O)c1)C(=O)C(F)(F)F. The van der Waals surface area contributed by atoms with E-state index < -0.39 is 12.1 Å². The number of benzene rings is 1. The van der Waals surface area contributed by atoms with Gasteiger partial charge in [0.15, 0.2) is 0 Å². The molecule has 0 aliphatic rings. The molecule has 1 amide bonds. The molecule has 0 atom stereocenters. The van der Waals surface area contributed by atoms with Gasteiger partial charge >= 0.3 is 12.1 Å². The second-order valence-corrected chi connectivity index (χ2v) is 4.79. The van der Waals surface area contributed by atoms with E-state index in [4.69, 9.17) is 0 Å². The number of alkyl halides is 3. The number of carbonyl (C=O) groups excluding carboxylic acids is 1. The van der Waals surface area contributed by atoms with Crippen molar-refractivity contribution in [1.82, 2.24) is 9.80 Å². The third-order valence-electron chi connectivity index (χ3n) is 2.74. The van der Waals surface area contributed by atoms with Gasteiger partial charge in [-0.2, -0.15) is 13.2 Å². The van der Waals surface area contributed by atoms with Gasteiger partial charge in [-0.25, -0.2) is 0 Å². The van der Waals surface area contributed by atoms with Crippen LogP contribution in [-0.2, 0) is 11.3 Å². The van der Waals surface area contributed by atoms with Gasteiger partial charge in [-0.3, -0.25) is 4.79 Å². The highest BCUT2D eigenvalue weighted by Crippen LogP contribution is 2.21. The molecule has 1 aromatic carbocycles. The molecule has 116 valence electrons. The normalized spacial score (nSPS) is 11.5. The van der Waals surface area contributed by atoms with Gasteiger partial charge < -0.3 is 9.80 Å². The largest absolute Gasteiger partial charge is 0.471 e. The third kappa shape index (κ3) is 5.50. The molecule has 0 radical (unpaired) electrons. The number of hydrogen-bond acceptors (Lipinski definition) is 4. The van der Waals surface area contributed by atoms with Crippen LogP contribution in [0.25, 0.3) is 0 Å². The predicted octanol–water partition coefficient (Wildman–Crippen LogP) is 2.54. The topological polar surface area (TPSA) is 53.0 Å². The van der Waals surface area contributed by atoms with Crippen molar-refractivity contribution in [3.8, 4) is 0 Å². The van der Waals surface area contributed by atoms with Crippen molar-refractivity contribution < 1.29 is 18.0 Å². The minimum Gasteiger partial charge on any atom is -0.329 e. The van der Waals surface area contributed by atoms with Gasteiger partial charge in [0, 0.05) is 19.6 Å². The number of carbonyl (C=O) groups is 1.